The van der Waals surface area contributed by atoms with Gasteiger partial charge in [-0.2, -0.15) is 4.31 Å². The lowest BCUT2D eigenvalue weighted by atomic mass is 9.98. The molecular weight excluding hydrogens is 464 g/mol. The zero-order valence-electron chi connectivity index (χ0n) is 18.8. The molecule has 1 heterocycles. The van der Waals surface area contributed by atoms with Gasteiger partial charge in [0.2, 0.25) is 10.0 Å². The number of carbonyl (C=O) groups excluding carboxylic acids is 2. The minimum atomic E-state index is -3.68. The van der Waals surface area contributed by atoms with Crippen molar-refractivity contribution in [3.05, 3.63) is 59.1 Å². The lowest BCUT2D eigenvalue weighted by Crippen LogP contribution is -2.35. The van der Waals surface area contributed by atoms with E-state index in [1.165, 1.54) is 29.4 Å². The summed E-state index contributed by atoms with van der Waals surface area (Å²) in [6.07, 6.45) is 1.71. The van der Waals surface area contributed by atoms with Gasteiger partial charge in [-0.25, -0.2) is 8.42 Å². The Labute approximate surface area is 200 Å². The Hall–Kier alpha value is -2.42. The summed E-state index contributed by atoms with van der Waals surface area (Å²) in [5, 5.41) is 2.78. The van der Waals surface area contributed by atoms with Gasteiger partial charge in [-0.15, -0.1) is 0 Å². The number of esters is 1. The minimum absolute atomic E-state index is 0.0555. The number of piperidine rings is 1. The van der Waals surface area contributed by atoms with Crippen molar-refractivity contribution >= 4 is 39.2 Å². The quantitative estimate of drug-likeness (QED) is 0.544. The van der Waals surface area contributed by atoms with Crippen LogP contribution in [0.1, 0.15) is 51.0 Å². The van der Waals surface area contributed by atoms with Crippen LogP contribution in [0, 0.1) is 0 Å². The van der Waals surface area contributed by atoms with E-state index in [0.29, 0.717) is 13.1 Å². The molecule has 1 fully saturated rings. The summed E-state index contributed by atoms with van der Waals surface area (Å²) in [6, 6.07) is 13.8. The number of hydrogen-bond donors (Lipinski definition) is 1. The van der Waals surface area contributed by atoms with Gasteiger partial charge in [-0.05, 0) is 49.4 Å². The molecule has 0 radical (unpaired) electrons. The zero-order valence-corrected chi connectivity index (χ0v) is 20.4. The average molecular weight is 493 g/mol. The van der Waals surface area contributed by atoms with Crippen LogP contribution in [0.2, 0.25) is 5.02 Å². The van der Waals surface area contributed by atoms with E-state index < -0.39 is 28.0 Å². The summed E-state index contributed by atoms with van der Waals surface area (Å²) in [6.45, 7) is 4.32. The van der Waals surface area contributed by atoms with Crippen molar-refractivity contribution < 1.29 is 22.7 Å². The molecule has 178 valence electrons. The Balaban J connectivity index is 1.63. The summed E-state index contributed by atoms with van der Waals surface area (Å²) < 4.78 is 32.6. The molecule has 1 amide bonds. The molecule has 33 heavy (non-hydrogen) atoms. The molecule has 0 aromatic heterocycles. The largest absolute Gasteiger partial charge is 0.453 e. The number of rotatable bonds is 8. The van der Waals surface area contributed by atoms with Gasteiger partial charge >= 0.3 is 5.97 Å². The first-order valence-electron chi connectivity index (χ1n) is 11.0. The normalized spacial score (nSPS) is 16.6. The number of nitrogens with zero attached hydrogens (tertiary/aromatic N) is 1. The van der Waals surface area contributed by atoms with E-state index in [9.17, 15) is 18.0 Å². The first-order chi connectivity index (χ1) is 15.7. The topological polar surface area (TPSA) is 92.8 Å². The monoisotopic (exact) mass is 492 g/mol. The van der Waals surface area contributed by atoms with Gasteiger partial charge in [0.1, 0.15) is 0 Å². The molecule has 0 saturated carbocycles. The molecular formula is C24H29ClN2O5S. The van der Waals surface area contributed by atoms with Crippen molar-refractivity contribution in [2.75, 3.05) is 18.4 Å². The van der Waals surface area contributed by atoms with Crippen LogP contribution in [0.25, 0.3) is 0 Å². The molecule has 0 bridgehead atoms. The predicted molar refractivity (Wildman–Crippen MR) is 128 cm³/mol. The standard InChI is InChI=1S/C24H29ClN2O5S/c1-17(19-9-5-3-6-10-19)15-23(28)32-18(2)24(29)26-22-16-20(11-12-21(22)25)33(30,31)27-13-7-4-8-14-27/h3,5-6,9-12,16-18H,4,7-8,13-15H2,1-2H3,(H,26,29). The van der Waals surface area contributed by atoms with E-state index in [-0.39, 0.29) is 27.9 Å². The van der Waals surface area contributed by atoms with Crippen LogP contribution < -0.4 is 5.32 Å². The number of nitrogens with one attached hydrogen (secondary N) is 1. The molecule has 3 rings (SSSR count). The van der Waals surface area contributed by atoms with Gasteiger partial charge in [0.15, 0.2) is 6.10 Å². The summed E-state index contributed by atoms with van der Waals surface area (Å²) in [4.78, 5) is 25.0. The lowest BCUT2D eigenvalue weighted by Gasteiger charge is -2.26. The Morgan fingerprint density at radius 1 is 1.06 bits per heavy atom. The third kappa shape index (κ3) is 6.56. The number of carbonyl (C=O) groups is 2. The highest BCUT2D eigenvalue weighted by molar-refractivity contribution is 7.89. The molecule has 1 aliphatic rings. The maximum atomic E-state index is 12.9. The van der Waals surface area contributed by atoms with Crippen molar-refractivity contribution in [3.63, 3.8) is 0 Å². The summed E-state index contributed by atoms with van der Waals surface area (Å²) in [5.74, 6) is -1.15. The second-order valence-electron chi connectivity index (χ2n) is 8.24. The van der Waals surface area contributed by atoms with Gasteiger partial charge in [-0.1, -0.05) is 55.3 Å². The fraction of sp³-hybridized carbons (Fsp3) is 0.417. The number of hydrogen-bond acceptors (Lipinski definition) is 5. The van der Waals surface area contributed by atoms with Crippen molar-refractivity contribution in [1.29, 1.82) is 0 Å². The second-order valence-corrected chi connectivity index (χ2v) is 10.6. The van der Waals surface area contributed by atoms with Crippen LogP contribution in [0.5, 0.6) is 0 Å². The van der Waals surface area contributed by atoms with Crippen LogP contribution >= 0.6 is 11.6 Å². The van der Waals surface area contributed by atoms with Crippen molar-refractivity contribution in [3.8, 4) is 0 Å². The summed E-state index contributed by atoms with van der Waals surface area (Å²) in [5.41, 5.74) is 1.16. The van der Waals surface area contributed by atoms with Crippen molar-refractivity contribution in [1.82, 2.24) is 4.31 Å². The fourth-order valence-electron chi connectivity index (χ4n) is 3.70. The highest BCUT2D eigenvalue weighted by atomic mass is 35.5. The molecule has 1 aliphatic heterocycles. The molecule has 2 atom stereocenters. The van der Waals surface area contributed by atoms with Crippen molar-refractivity contribution in [2.24, 2.45) is 0 Å². The van der Waals surface area contributed by atoms with E-state index in [1.807, 2.05) is 37.3 Å². The minimum Gasteiger partial charge on any atom is -0.453 e. The molecule has 0 aliphatic carbocycles. The number of amides is 1. The molecule has 2 aromatic carbocycles. The SMILES string of the molecule is CC(OC(=O)CC(C)c1ccccc1)C(=O)Nc1cc(S(=O)(=O)N2CCCCC2)ccc1Cl. The summed E-state index contributed by atoms with van der Waals surface area (Å²) >= 11 is 6.19. The van der Waals surface area contributed by atoms with Crippen molar-refractivity contribution in [2.45, 2.75) is 56.4 Å². The van der Waals surface area contributed by atoms with Crippen LogP contribution in [0.15, 0.2) is 53.4 Å². The zero-order chi connectivity index (χ0) is 24.0. The molecule has 2 unspecified atom stereocenters. The smallest absolute Gasteiger partial charge is 0.307 e. The average Bonchev–Trinajstić information content (AvgIpc) is 2.81. The highest BCUT2D eigenvalue weighted by Gasteiger charge is 2.27. The Morgan fingerprint density at radius 3 is 2.39 bits per heavy atom. The third-order valence-electron chi connectivity index (χ3n) is 5.67. The van der Waals surface area contributed by atoms with Crippen LogP contribution in [-0.2, 0) is 24.3 Å². The van der Waals surface area contributed by atoms with E-state index >= 15 is 0 Å². The molecule has 1 saturated heterocycles. The van der Waals surface area contributed by atoms with Crippen LogP contribution in [0.4, 0.5) is 5.69 Å². The molecule has 1 N–H and O–H groups in total. The predicted octanol–water partition coefficient (Wildman–Crippen LogP) is 4.58. The maximum absolute atomic E-state index is 12.9. The van der Waals surface area contributed by atoms with E-state index in [0.717, 1.165) is 24.8 Å². The number of anilines is 1. The fourth-order valence-corrected chi connectivity index (χ4v) is 5.41. The van der Waals surface area contributed by atoms with E-state index in [2.05, 4.69) is 5.32 Å². The van der Waals surface area contributed by atoms with Gasteiger partial charge in [0, 0.05) is 13.1 Å². The first kappa shape index (κ1) is 25.2. The second kappa shape index (κ2) is 11.1. The van der Waals surface area contributed by atoms with Crippen LogP contribution in [0.3, 0.4) is 0 Å². The molecule has 9 heteroatoms. The van der Waals surface area contributed by atoms with Gasteiger partial charge in [0.25, 0.3) is 5.91 Å². The molecule has 2 aromatic rings. The third-order valence-corrected chi connectivity index (χ3v) is 7.89. The number of benzene rings is 2. The first-order valence-corrected chi connectivity index (χ1v) is 12.9. The van der Waals surface area contributed by atoms with Crippen LogP contribution in [-0.4, -0.2) is 43.8 Å². The highest BCUT2D eigenvalue weighted by Crippen LogP contribution is 2.28. The van der Waals surface area contributed by atoms with Gasteiger partial charge in [-0.3, -0.25) is 9.59 Å². The maximum Gasteiger partial charge on any atom is 0.307 e. The summed E-state index contributed by atoms with van der Waals surface area (Å²) in [7, 11) is -3.68. The lowest BCUT2D eigenvalue weighted by molar-refractivity contribution is -0.153. The number of halogens is 1. The Morgan fingerprint density at radius 2 is 1.73 bits per heavy atom. The Kier molecular flexibility index (Phi) is 8.51. The number of ether oxygens (including phenoxy) is 1. The Bertz CT molecular complexity index is 1090. The van der Waals surface area contributed by atoms with E-state index in [1.54, 1.807) is 0 Å². The van der Waals surface area contributed by atoms with Gasteiger partial charge in [0.05, 0.1) is 22.0 Å². The van der Waals surface area contributed by atoms with E-state index in [4.69, 9.17) is 16.3 Å². The molecule has 0 spiro atoms. The van der Waals surface area contributed by atoms with Gasteiger partial charge < -0.3 is 10.1 Å². The molecule has 7 nitrogen and oxygen atoms in total. The number of sulfonamides is 1.